The molecule has 0 aliphatic carbocycles. The van der Waals surface area contributed by atoms with E-state index in [0.717, 1.165) is 52.4 Å². The lowest BCUT2D eigenvalue weighted by Gasteiger charge is -2.20. The Morgan fingerprint density at radius 3 is 2.54 bits per heavy atom. The van der Waals surface area contributed by atoms with Gasteiger partial charge in [0.05, 0.1) is 12.1 Å². The second-order valence-corrected chi connectivity index (χ2v) is 9.13. The molecule has 0 amide bonds. The summed E-state index contributed by atoms with van der Waals surface area (Å²) in [5, 5.41) is 6.31. The number of aryl methyl sites for hydroxylation is 2. The molecular formula is C30H32Cl2N4O3. The van der Waals surface area contributed by atoms with E-state index >= 15 is 0 Å². The highest BCUT2D eigenvalue weighted by Crippen LogP contribution is 2.20. The number of benzene rings is 2. The van der Waals surface area contributed by atoms with Gasteiger partial charge in [-0.05, 0) is 78.9 Å². The minimum absolute atomic E-state index is 0. The fourth-order valence-corrected chi connectivity index (χ4v) is 4.65. The molecule has 0 aliphatic rings. The minimum atomic E-state index is -0.0264. The van der Waals surface area contributed by atoms with Gasteiger partial charge in [-0.1, -0.05) is 18.2 Å². The number of halogens is 2. The van der Waals surface area contributed by atoms with Gasteiger partial charge < -0.3 is 19.2 Å². The lowest BCUT2D eigenvalue weighted by atomic mass is 10.0. The first kappa shape index (κ1) is 29.9. The molecule has 1 atom stereocenters. The van der Waals surface area contributed by atoms with Crippen LogP contribution in [-0.2, 0) is 13.6 Å². The average Bonchev–Trinajstić information content (AvgIpc) is 2.94. The molecule has 0 saturated heterocycles. The summed E-state index contributed by atoms with van der Waals surface area (Å²) >= 11 is 0. The number of fused-ring (bicyclic) bond motifs is 2. The van der Waals surface area contributed by atoms with E-state index in [0.29, 0.717) is 13.2 Å². The molecular weight excluding hydrogens is 535 g/mol. The fourth-order valence-electron chi connectivity index (χ4n) is 4.65. The number of hydrogen-bond donors (Lipinski definition) is 1. The summed E-state index contributed by atoms with van der Waals surface area (Å²) in [5.41, 5.74) is 2.04. The van der Waals surface area contributed by atoms with E-state index in [1.165, 1.54) is 0 Å². The van der Waals surface area contributed by atoms with Gasteiger partial charge in [-0.15, -0.1) is 24.8 Å². The van der Waals surface area contributed by atoms with Crippen molar-refractivity contribution in [3.05, 3.63) is 118 Å². The molecule has 5 rings (SSSR count). The van der Waals surface area contributed by atoms with Crippen molar-refractivity contribution >= 4 is 46.5 Å². The molecule has 0 spiro atoms. The van der Waals surface area contributed by atoms with Crippen molar-refractivity contribution in [3.8, 4) is 5.75 Å². The number of nitrogens with one attached hydrogen (secondary N) is 1. The van der Waals surface area contributed by atoms with Gasteiger partial charge in [0.25, 0.3) is 11.1 Å². The molecule has 0 radical (unpaired) electrons. The zero-order valence-corrected chi connectivity index (χ0v) is 23.3. The lowest BCUT2D eigenvalue weighted by molar-refractivity contribution is 0.303. The van der Waals surface area contributed by atoms with Crippen molar-refractivity contribution in [1.29, 1.82) is 0 Å². The monoisotopic (exact) mass is 566 g/mol. The molecule has 0 bridgehead atoms. The van der Waals surface area contributed by atoms with Crippen LogP contribution in [0.25, 0.3) is 21.7 Å². The normalized spacial score (nSPS) is 11.5. The van der Waals surface area contributed by atoms with E-state index in [1.807, 2.05) is 72.9 Å². The molecule has 0 saturated carbocycles. The van der Waals surface area contributed by atoms with Crippen LogP contribution in [0, 0.1) is 0 Å². The maximum absolute atomic E-state index is 12.9. The first-order valence-corrected chi connectivity index (χ1v) is 12.5. The molecule has 3 heterocycles. The van der Waals surface area contributed by atoms with Crippen molar-refractivity contribution < 1.29 is 4.74 Å². The molecule has 0 fully saturated rings. The van der Waals surface area contributed by atoms with Crippen LogP contribution in [-0.4, -0.2) is 27.3 Å². The Kier molecular flexibility index (Phi) is 10.7. The molecule has 7 nitrogen and oxygen atoms in total. The van der Waals surface area contributed by atoms with Crippen LogP contribution >= 0.6 is 24.8 Å². The molecule has 2 aromatic carbocycles. The molecule has 1 unspecified atom stereocenters. The smallest absolute Gasteiger partial charge is 0.258 e. The Bertz CT molecular complexity index is 1640. The zero-order chi connectivity index (χ0) is 25.6. The van der Waals surface area contributed by atoms with E-state index in [1.54, 1.807) is 34.6 Å². The highest BCUT2D eigenvalue weighted by molar-refractivity contribution is 5.85. The van der Waals surface area contributed by atoms with Gasteiger partial charge in [-0.3, -0.25) is 14.6 Å². The van der Waals surface area contributed by atoms with Gasteiger partial charge in [0.2, 0.25) is 0 Å². The maximum Gasteiger partial charge on any atom is 0.258 e. The SMILES string of the molecule is Cl.Cl.Cn1c(=O)ccc2cc(OCCCNC(CCn3ccc4ccccc4c3=O)c3ccncc3)ccc21. The van der Waals surface area contributed by atoms with Crippen LogP contribution in [0.3, 0.4) is 0 Å². The Morgan fingerprint density at radius 1 is 0.923 bits per heavy atom. The standard InChI is InChI=1S/C30H30N4O3.2ClH/c1-33-28-9-8-25(21-24(28)7-10-29(33)35)37-20-4-15-32-27(23-11-16-31-17-12-23)14-19-34-18-13-22-5-2-3-6-26(22)30(34)36;;/h2-3,5-13,16-18,21,27,32H,4,14-15,19-20H2,1H3;2*1H. The first-order valence-electron chi connectivity index (χ1n) is 12.5. The van der Waals surface area contributed by atoms with Crippen LogP contribution in [0.15, 0.2) is 101 Å². The molecule has 9 heteroatoms. The second-order valence-electron chi connectivity index (χ2n) is 9.13. The second kappa shape index (κ2) is 13.9. The van der Waals surface area contributed by atoms with Crippen LogP contribution in [0.1, 0.15) is 24.4 Å². The molecule has 3 aromatic heterocycles. The minimum Gasteiger partial charge on any atom is -0.494 e. The topological polar surface area (TPSA) is 78.1 Å². The van der Waals surface area contributed by atoms with E-state index in [-0.39, 0.29) is 42.0 Å². The molecule has 204 valence electrons. The Morgan fingerprint density at radius 2 is 1.72 bits per heavy atom. The third-order valence-electron chi connectivity index (χ3n) is 6.73. The highest BCUT2D eigenvalue weighted by Gasteiger charge is 2.12. The van der Waals surface area contributed by atoms with E-state index in [4.69, 9.17) is 4.74 Å². The van der Waals surface area contributed by atoms with Gasteiger partial charge in [0, 0.05) is 55.1 Å². The summed E-state index contributed by atoms with van der Waals surface area (Å²) in [5.74, 6) is 0.785. The number of nitrogens with zero attached hydrogens (tertiary/aromatic N) is 3. The van der Waals surface area contributed by atoms with Gasteiger partial charge in [0.1, 0.15) is 5.75 Å². The van der Waals surface area contributed by atoms with E-state index < -0.39 is 0 Å². The predicted octanol–water partition coefficient (Wildman–Crippen LogP) is 5.28. The molecule has 39 heavy (non-hydrogen) atoms. The number of ether oxygens (including phenoxy) is 1. The summed E-state index contributed by atoms with van der Waals surface area (Å²) < 4.78 is 9.40. The zero-order valence-electron chi connectivity index (χ0n) is 21.7. The molecule has 0 aliphatic heterocycles. The Labute approximate surface area is 239 Å². The third-order valence-corrected chi connectivity index (χ3v) is 6.73. The van der Waals surface area contributed by atoms with E-state index in [2.05, 4.69) is 10.3 Å². The van der Waals surface area contributed by atoms with E-state index in [9.17, 15) is 9.59 Å². The Hall–Kier alpha value is -3.65. The van der Waals surface area contributed by atoms with Crippen molar-refractivity contribution in [2.24, 2.45) is 7.05 Å². The predicted molar refractivity (Wildman–Crippen MR) is 162 cm³/mol. The van der Waals surface area contributed by atoms with Crippen LogP contribution < -0.4 is 21.2 Å². The van der Waals surface area contributed by atoms with Gasteiger partial charge >= 0.3 is 0 Å². The van der Waals surface area contributed by atoms with Crippen LogP contribution in [0.4, 0.5) is 0 Å². The average molecular weight is 568 g/mol. The Balaban J connectivity index is 0.00000210. The number of hydrogen-bond acceptors (Lipinski definition) is 5. The number of pyridine rings is 3. The maximum atomic E-state index is 12.9. The van der Waals surface area contributed by atoms with Crippen LogP contribution in [0.2, 0.25) is 0 Å². The van der Waals surface area contributed by atoms with Crippen molar-refractivity contribution in [2.45, 2.75) is 25.4 Å². The van der Waals surface area contributed by atoms with Gasteiger partial charge in [0.15, 0.2) is 0 Å². The third kappa shape index (κ3) is 7.06. The number of aromatic nitrogens is 3. The summed E-state index contributed by atoms with van der Waals surface area (Å²) in [6.07, 6.45) is 7.06. The summed E-state index contributed by atoms with van der Waals surface area (Å²) in [6.45, 7) is 1.94. The van der Waals surface area contributed by atoms with Gasteiger partial charge in [-0.25, -0.2) is 0 Å². The summed E-state index contributed by atoms with van der Waals surface area (Å²) in [4.78, 5) is 28.9. The lowest BCUT2D eigenvalue weighted by Crippen LogP contribution is -2.27. The van der Waals surface area contributed by atoms with Crippen molar-refractivity contribution in [3.63, 3.8) is 0 Å². The number of rotatable bonds is 10. The summed E-state index contributed by atoms with van der Waals surface area (Å²) in [7, 11) is 1.77. The molecule has 5 aromatic rings. The first-order chi connectivity index (χ1) is 18.1. The van der Waals surface area contributed by atoms with Crippen LogP contribution in [0.5, 0.6) is 5.75 Å². The fraction of sp³-hybridized carbons (Fsp3) is 0.233. The quantitative estimate of drug-likeness (QED) is 0.233. The summed E-state index contributed by atoms with van der Waals surface area (Å²) in [6, 6.07) is 23.0. The largest absolute Gasteiger partial charge is 0.494 e. The molecule has 1 N–H and O–H groups in total. The van der Waals surface area contributed by atoms with Gasteiger partial charge in [-0.2, -0.15) is 0 Å². The van der Waals surface area contributed by atoms with Crippen molar-refractivity contribution in [1.82, 2.24) is 19.4 Å². The highest BCUT2D eigenvalue weighted by atomic mass is 35.5. The van der Waals surface area contributed by atoms with Crippen molar-refractivity contribution in [2.75, 3.05) is 13.2 Å².